The molecule has 100 valence electrons. The normalized spacial score (nSPS) is 14.2. The van der Waals surface area contributed by atoms with E-state index in [-0.39, 0.29) is 24.2 Å². The molecule has 0 bridgehead atoms. The molecule has 0 saturated carbocycles. The molecule has 18 heavy (non-hydrogen) atoms. The smallest absolute Gasteiger partial charge is 0.335 e. The lowest BCUT2D eigenvalue weighted by atomic mass is 10.1. The zero-order chi connectivity index (χ0) is 13.8. The van der Waals surface area contributed by atoms with Crippen molar-refractivity contribution in [2.45, 2.75) is 19.1 Å². The van der Waals surface area contributed by atoms with Crippen molar-refractivity contribution in [1.82, 2.24) is 5.32 Å². The highest BCUT2D eigenvalue weighted by atomic mass is 19.1. The zero-order valence-electron chi connectivity index (χ0n) is 9.98. The minimum atomic E-state index is -1.29. The molecule has 1 aromatic carbocycles. The molecule has 0 aliphatic carbocycles. The SMILES string of the molecule is CC(O)(CO)CNCc1cc(C(=O)O)ccc1F. The average molecular weight is 257 g/mol. The Morgan fingerprint density at radius 1 is 1.50 bits per heavy atom. The van der Waals surface area contributed by atoms with Gasteiger partial charge in [-0.2, -0.15) is 0 Å². The molecule has 0 saturated heterocycles. The minimum Gasteiger partial charge on any atom is -0.478 e. The van der Waals surface area contributed by atoms with Gasteiger partial charge in [-0.1, -0.05) is 0 Å². The van der Waals surface area contributed by atoms with Crippen LogP contribution in [0.25, 0.3) is 0 Å². The number of halogens is 1. The summed E-state index contributed by atoms with van der Waals surface area (Å²) in [6, 6.07) is 3.51. The summed E-state index contributed by atoms with van der Waals surface area (Å²) in [5.41, 5.74) is -1.09. The molecule has 0 aromatic heterocycles. The molecule has 1 aromatic rings. The lowest BCUT2D eigenvalue weighted by molar-refractivity contribution is 0.00248. The molecule has 5 nitrogen and oxygen atoms in total. The predicted molar refractivity (Wildman–Crippen MR) is 62.8 cm³/mol. The fourth-order valence-electron chi connectivity index (χ4n) is 1.37. The quantitative estimate of drug-likeness (QED) is 0.590. The fourth-order valence-corrected chi connectivity index (χ4v) is 1.37. The largest absolute Gasteiger partial charge is 0.478 e. The van der Waals surface area contributed by atoms with E-state index in [2.05, 4.69) is 5.32 Å². The molecular formula is C12H16FNO4. The number of carbonyl (C=O) groups is 1. The first kappa shape index (κ1) is 14.6. The second-order valence-electron chi connectivity index (χ2n) is 4.37. The third-order valence-corrected chi connectivity index (χ3v) is 2.45. The molecule has 0 heterocycles. The summed E-state index contributed by atoms with van der Waals surface area (Å²) in [5, 5.41) is 29.9. The molecule has 0 aliphatic rings. The lowest BCUT2D eigenvalue weighted by Crippen LogP contribution is -2.40. The highest BCUT2D eigenvalue weighted by Crippen LogP contribution is 2.11. The molecule has 6 heteroatoms. The highest BCUT2D eigenvalue weighted by Gasteiger charge is 2.18. The number of nitrogens with one attached hydrogen (secondary N) is 1. The van der Waals surface area contributed by atoms with E-state index in [1.165, 1.54) is 19.1 Å². The van der Waals surface area contributed by atoms with E-state index in [1.807, 2.05) is 0 Å². The summed E-state index contributed by atoms with van der Waals surface area (Å²) < 4.78 is 13.4. The first-order chi connectivity index (χ1) is 8.35. The maximum atomic E-state index is 13.4. The molecule has 0 spiro atoms. The van der Waals surface area contributed by atoms with Gasteiger partial charge < -0.3 is 20.6 Å². The molecule has 0 amide bonds. The molecule has 1 atom stereocenters. The van der Waals surface area contributed by atoms with Crippen LogP contribution >= 0.6 is 0 Å². The van der Waals surface area contributed by atoms with E-state index in [4.69, 9.17) is 10.2 Å². The van der Waals surface area contributed by atoms with Gasteiger partial charge in [-0.05, 0) is 25.1 Å². The number of carboxylic acids is 1. The molecule has 0 radical (unpaired) electrons. The second kappa shape index (κ2) is 5.90. The van der Waals surface area contributed by atoms with Crippen molar-refractivity contribution < 1.29 is 24.5 Å². The van der Waals surface area contributed by atoms with E-state index in [9.17, 15) is 14.3 Å². The van der Waals surface area contributed by atoms with Crippen LogP contribution in [0.2, 0.25) is 0 Å². The minimum absolute atomic E-state index is 0.00196. The number of hydrogen-bond acceptors (Lipinski definition) is 4. The van der Waals surface area contributed by atoms with Gasteiger partial charge in [0, 0.05) is 18.7 Å². The number of rotatable bonds is 6. The summed E-state index contributed by atoms with van der Waals surface area (Å²) in [4.78, 5) is 10.7. The summed E-state index contributed by atoms with van der Waals surface area (Å²) in [5.74, 6) is -1.64. The van der Waals surface area contributed by atoms with Crippen molar-refractivity contribution in [3.05, 3.63) is 35.1 Å². The van der Waals surface area contributed by atoms with Gasteiger partial charge in [0.15, 0.2) is 0 Å². The highest BCUT2D eigenvalue weighted by molar-refractivity contribution is 5.87. The van der Waals surface area contributed by atoms with Crippen LogP contribution in [-0.2, 0) is 6.54 Å². The van der Waals surface area contributed by atoms with Gasteiger partial charge in [-0.15, -0.1) is 0 Å². The number of benzene rings is 1. The Bertz CT molecular complexity index is 434. The van der Waals surface area contributed by atoms with E-state index in [1.54, 1.807) is 0 Å². The van der Waals surface area contributed by atoms with E-state index in [0.717, 1.165) is 6.07 Å². The predicted octanol–water partition coefficient (Wildman–Crippen LogP) is 0.357. The first-order valence-electron chi connectivity index (χ1n) is 5.41. The van der Waals surface area contributed by atoms with E-state index < -0.39 is 24.0 Å². The van der Waals surface area contributed by atoms with Crippen LogP contribution in [0.1, 0.15) is 22.8 Å². The second-order valence-corrected chi connectivity index (χ2v) is 4.37. The lowest BCUT2D eigenvalue weighted by Gasteiger charge is -2.20. The Labute approximate surface area is 104 Å². The van der Waals surface area contributed by atoms with Gasteiger partial charge in [0.25, 0.3) is 0 Å². The molecule has 4 N–H and O–H groups in total. The zero-order valence-corrected chi connectivity index (χ0v) is 9.98. The van der Waals surface area contributed by atoms with Crippen LogP contribution in [0.15, 0.2) is 18.2 Å². The summed E-state index contributed by atoms with van der Waals surface area (Å²) in [6.45, 7) is 1.16. The Hall–Kier alpha value is -1.50. The van der Waals surface area contributed by atoms with Crippen molar-refractivity contribution in [3.8, 4) is 0 Å². The van der Waals surface area contributed by atoms with Crippen LogP contribution in [0.3, 0.4) is 0 Å². The summed E-state index contributed by atoms with van der Waals surface area (Å²) >= 11 is 0. The standard InChI is InChI=1S/C12H16FNO4/c1-12(18,7-15)6-14-5-9-4-8(11(16)17)2-3-10(9)13/h2-4,14-15,18H,5-7H2,1H3,(H,16,17). The van der Waals surface area contributed by atoms with Crippen LogP contribution < -0.4 is 5.32 Å². The van der Waals surface area contributed by atoms with Crippen LogP contribution in [0.4, 0.5) is 4.39 Å². The Balaban J connectivity index is 2.67. The third kappa shape index (κ3) is 4.06. The van der Waals surface area contributed by atoms with Crippen LogP contribution in [0.5, 0.6) is 0 Å². The third-order valence-electron chi connectivity index (χ3n) is 2.45. The maximum Gasteiger partial charge on any atom is 0.335 e. The number of hydrogen-bond donors (Lipinski definition) is 4. The van der Waals surface area contributed by atoms with Crippen LogP contribution in [-0.4, -0.2) is 40.0 Å². The Morgan fingerprint density at radius 3 is 2.72 bits per heavy atom. The van der Waals surface area contributed by atoms with Gasteiger partial charge in [0.05, 0.1) is 17.8 Å². The maximum absolute atomic E-state index is 13.4. The molecule has 0 fully saturated rings. The van der Waals surface area contributed by atoms with Gasteiger partial charge in [0.1, 0.15) is 5.82 Å². The van der Waals surface area contributed by atoms with Gasteiger partial charge in [-0.3, -0.25) is 0 Å². The number of aromatic carboxylic acids is 1. The number of carboxylic acid groups (broad SMARTS) is 1. The van der Waals surface area contributed by atoms with Crippen molar-refractivity contribution >= 4 is 5.97 Å². The topological polar surface area (TPSA) is 89.8 Å². The van der Waals surface area contributed by atoms with E-state index in [0.29, 0.717) is 0 Å². The van der Waals surface area contributed by atoms with Crippen molar-refractivity contribution in [1.29, 1.82) is 0 Å². The van der Waals surface area contributed by atoms with Crippen molar-refractivity contribution in [2.75, 3.05) is 13.2 Å². The van der Waals surface area contributed by atoms with Crippen molar-refractivity contribution in [3.63, 3.8) is 0 Å². The first-order valence-corrected chi connectivity index (χ1v) is 5.41. The Morgan fingerprint density at radius 2 is 2.17 bits per heavy atom. The van der Waals surface area contributed by atoms with Gasteiger partial charge in [-0.25, -0.2) is 9.18 Å². The fraction of sp³-hybridized carbons (Fsp3) is 0.417. The Kier molecular flexibility index (Phi) is 4.77. The molecular weight excluding hydrogens is 241 g/mol. The molecule has 1 unspecified atom stereocenters. The summed E-state index contributed by atoms with van der Waals surface area (Å²) in [6.07, 6.45) is 0. The average Bonchev–Trinajstić information content (AvgIpc) is 2.31. The summed E-state index contributed by atoms with van der Waals surface area (Å²) in [7, 11) is 0. The van der Waals surface area contributed by atoms with E-state index >= 15 is 0 Å². The van der Waals surface area contributed by atoms with Gasteiger partial charge in [0.2, 0.25) is 0 Å². The molecule has 0 aliphatic heterocycles. The van der Waals surface area contributed by atoms with Crippen molar-refractivity contribution in [2.24, 2.45) is 0 Å². The number of aliphatic hydroxyl groups is 2. The molecule has 1 rings (SSSR count). The monoisotopic (exact) mass is 257 g/mol. The van der Waals surface area contributed by atoms with Crippen LogP contribution in [0, 0.1) is 5.82 Å². The number of aliphatic hydroxyl groups excluding tert-OH is 1. The van der Waals surface area contributed by atoms with Gasteiger partial charge >= 0.3 is 5.97 Å².